The second-order valence-corrected chi connectivity index (χ2v) is 11.5. The molecule has 8 heteroatoms. The van der Waals surface area contributed by atoms with E-state index in [1.54, 1.807) is 29.2 Å². The lowest BCUT2D eigenvalue weighted by molar-refractivity contribution is 0.0161. The number of amidine groups is 1. The lowest BCUT2D eigenvalue weighted by atomic mass is 9.98. The van der Waals surface area contributed by atoms with Crippen molar-refractivity contribution >= 4 is 15.9 Å². The Balaban J connectivity index is 0.000000868. The van der Waals surface area contributed by atoms with Gasteiger partial charge in [0, 0.05) is 17.5 Å². The lowest BCUT2D eigenvalue weighted by Crippen LogP contribution is -2.40. The van der Waals surface area contributed by atoms with Gasteiger partial charge in [-0.25, -0.2) is 8.78 Å². The molecule has 1 saturated heterocycles. The summed E-state index contributed by atoms with van der Waals surface area (Å²) in [5.41, 5.74) is 2.97. The van der Waals surface area contributed by atoms with Crippen molar-refractivity contribution < 1.29 is 17.2 Å². The topological polar surface area (TPSA) is 53.0 Å². The molecule has 2 aromatic rings. The Morgan fingerprint density at radius 3 is 2.29 bits per heavy atom. The van der Waals surface area contributed by atoms with Crippen LogP contribution in [0.25, 0.3) is 0 Å². The van der Waals surface area contributed by atoms with Crippen LogP contribution in [-0.2, 0) is 16.4 Å². The van der Waals surface area contributed by atoms with Gasteiger partial charge in [-0.1, -0.05) is 56.2 Å². The average molecular weight is 490 g/mol. The molecule has 5 rings (SSSR count). The van der Waals surface area contributed by atoms with Crippen LogP contribution in [0.15, 0.2) is 52.5 Å². The molecule has 2 heterocycles. The molecule has 5 nitrogen and oxygen atoms in total. The Morgan fingerprint density at radius 2 is 1.68 bits per heavy atom. The van der Waals surface area contributed by atoms with Gasteiger partial charge >= 0.3 is 0 Å². The number of fused-ring (bicyclic) bond motifs is 1. The zero-order valence-corrected chi connectivity index (χ0v) is 21.1. The molecule has 184 valence electrons. The normalized spacial score (nSPS) is 20.2. The van der Waals surface area contributed by atoms with Gasteiger partial charge in [0.15, 0.2) is 5.84 Å². The third kappa shape index (κ3) is 4.57. The third-order valence-electron chi connectivity index (χ3n) is 6.59. The van der Waals surface area contributed by atoms with Gasteiger partial charge in [0.2, 0.25) is 0 Å². The Bertz CT molecular complexity index is 1190. The number of halogens is 2. The summed E-state index contributed by atoms with van der Waals surface area (Å²) in [5.74, 6) is -2.45. The number of nitrogens with zero attached hydrogens (tertiary/aromatic N) is 3. The molecule has 0 aromatic heterocycles. The van der Waals surface area contributed by atoms with E-state index in [9.17, 15) is 17.2 Å². The summed E-state index contributed by atoms with van der Waals surface area (Å²) in [4.78, 5) is 1.83. The average Bonchev–Trinajstić information content (AvgIpc) is 3.51. The van der Waals surface area contributed by atoms with Gasteiger partial charge in [-0.05, 0) is 56.4 Å². The molecule has 34 heavy (non-hydrogen) atoms. The maximum absolute atomic E-state index is 14.5. The SMILES string of the molecule is CCC.Cc1ccc(S(=O)(=O)N2CCc3cccc(C)c3C(N3CC(F)(F)CC34CC4)=N2)cc1. The Labute approximate surface area is 201 Å². The van der Waals surface area contributed by atoms with E-state index >= 15 is 0 Å². The molecule has 0 radical (unpaired) electrons. The van der Waals surface area contributed by atoms with Crippen LogP contribution < -0.4 is 0 Å². The van der Waals surface area contributed by atoms with Crippen LogP contribution in [0.5, 0.6) is 0 Å². The number of rotatable bonds is 2. The van der Waals surface area contributed by atoms with Crippen LogP contribution >= 0.6 is 0 Å². The Kier molecular flexibility index (Phi) is 6.48. The Morgan fingerprint density at radius 1 is 1.03 bits per heavy atom. The van der Waals surface area contributed by atoms with Crippen LogP contribution in [0.1, 0.15) is 61.8 Å². The van der Waals surface area contributed by atoms with Crippen molar-refractivity contribution in [1.29, 1.82) is 0 Å². The van der Waals surface area contributed by atoms with Crippen LogP contribution in [0, 0.1) is 13.8 Å². The van der Waals surface area contributed by atoms with Gasteiger partial charge in [-0.15, -0.1) is 5.10 Å². The summed E-state index contributed by atoms with van der Waals surface area (Å²) in [6, 6.07) is 12.4. The summed E-state index contributed by atoms with van der Waals surface area (Å²) in [6.07, 6.45) is 2.86. The molecular weight excluding hydrogens is 456 g/mol. The second kappa shape index (κ2) is 8.95. The quantitative estimate of drug-likeness (QED) is 0.560. The molecule has 0 unspecified atom stereocenters. The highest BCUT2D eigenvalue weighted by Gasteiger charge is 2.62. The molecule has 0 atom stereocenters. The number of sulfonamides is 1. The molecule has 2 fully saturated rings. The van der Waals surface area contributed by atoms with Crippen molar-refractivity contribution in [2.75, 3.05) is 13.1 Å². The molecule has 1 spiro atoms. The fourth-order valence-corrected chi connectivity index (χ4v) is 6.04. The van der Waals surface area contributed by atoms with E-state index in [-0.39, 0.29) is 17.9 Å². The first-order valence-electron chi connectivity index (χ1n) is 12.0. The first kappa shape index (κ1) is 24.6. The van der Waals surface area contributed by atoms with Gasteiger partial charge in [0.05, 0.1) is 18.0 Å². The van der Waals surface area contributed by atoms with E-state index in [4.69, 9.17) is 0 Å². The van der Waals surface area contributed by atoms with Crippen LogP contribution in [-0.4, -0.2) is 48.1 Å². The van der Waals surface area contributed by atoms with Crippen LogP contribution in [0.3, 0.4) is 0 Å². The molecule has 1 saturated carbocycles. The van der Waals surface area contributed by atoms with Crippen LogP contribution in [0.2, 0.25) is 0 Å². The molecule has 2 aliphatic heterocycles. The summed E-state index contributed by atoms with van der Waals surface area (Å²) in [6.45, 7) is 7.79. The number of hydrogen-bond donors (Lipinski definition) is 0. The third-order valence-corrected chi connectivity index (χ3v) is 8.28. The van der Waals surface area contributed by atoms with E-state index in [1.165, 1.54) is 6.42 Å². The van der Waals surface area contributed by atoms with E-state index in [1.807, 2.05) is 32.0 Å². The molecule has 0 amide bonds. The predicted molar refractivity (Wildman–Crippen MR) is 131 cm³/mol. The summed E-state index contributed by atoms with van der Waals surface area (Å²) in [7, 11) is -3.91. The lowest BCUT2D eigenvalue weighted by Gasteiger charge is -2.29. The summed E-state index contributed by atoms with van der Waals surface area (Å²) >= 11 is 0. The number of likely N-dealkylation sites (tertiary alicyclic amines) is 1. The van der Waals surface area contributed by atoms with Gasteiger partial charge in [-0.3, -0.25) is 0 Å². The van der Waals surface area contributed by atoms with E-state index in [0.29, 0.717) is 25.1 Å². The van der Waals surface area contributed by atoms with E-state index in [2.05, 4.69) is 18.9 Å². The first-order chi connectivity index (χ1) is 16.0. The molecule has 0 N–H and O–H groups in total. The standard InChI is InChI=1S/C23H25F2N3O2S.C3H8/c1-16-6-8-19(9-7-16)31(29,30)28-13-10-18-5-3-4-17(2)20(18)21(26-28)27-15-23(24,25)14-22(27)11-12-22;1-3-2/h3-9H,10-15H2,1-2H3;3H2,1-2H3. The summed E-state index contributed by atoms with van der Waals surface area (Å²) < 4.78 is 56.8. The van der Waals surface area contributed by atoms with E-state index < -0.39 is 28.0 Å². The van der Waals surface area contributed by atoms with Crippen LogP contribution in [0.4, 0.5) is 8.78 Å². The number of aryl methyl sites for hydroxylation is 2. The van der Waals surface area contributed by atoms with Crippen molar-refractivity contribution in [3.8, 4) is 0 Å². The number of benzene rings is 2. The highest BCUT2D eigenvalue weighted by Crippen LogP contribution is 2.55. The number of alkyl halides is 2. The minimum atomic E-state index is -3.91. The monoisotopic (exact) mass is 489 g/mol. The van der Waals surface area contributed by atoms with Crippen molar-refractivity contribution in [2.45, 2.75) is 76.2 Å². The minimum Gasteiger partial charge on any atom is -0.343 e. The predicted octanol–water partition coefficient (Wildman–Crippen LogP) is 5.50. The molecule has 0 bridgehead atoms. The van der Waals surface area contributed by atoms with Crippen molar-refractivity contribution in [2.24, 2.45) is 5.10 Å². The Hall–Kier alpha value is -2.48. The molecule has 3 aliphatic rings. The van der Waals surface area contributed by atoms with Gasteiger partial charge in [-0.2, -0.15) is 12.8 Å². The van der Waals surface area contributed by atoms with Gasteiger partial charge in [0.1, 0.15) is 0 Å². The minimum absolute atomic E-state index is 0.150. The fraction of sp³-hybridized carbons (Fsp3) is 0.500. The first-order valence-corrected chi connectivity index (χ1v) is 13.4. The van der Waals surface area contributed by atoms with Crippen molar-refractivity contribution in [1.82, 2.24) is 9.31 Å². The van der Waals surface area contributed by atoms with Gasteiger partial charge in [0.25, 0.3) is 15.9 Å². The maximum atomic E-state index is 14.5. The number of hydrazone groups is 1. The zero-order chi connectivity index (χ0) is 24.7. The summed E-state index contributed by atoms with van der Waals surface area (Å²) in [5, 5.41) is 4.59. The smallest absolute Gasteiger partial charge is 0.279 e. The maximum Gasteiger partial charge on any atom is 0.279 e. The largest absolute Gasteiger partial charge is 0.343 e. The van der Waals surface area contributed by atoms with E-state index in [0.717, 1.165) is 26.7 Å². The molecule has 1 aliphatic carbocycles. The van der Waals surface area contributed by atoms with Crippen molar-refractivity contribution in [3.05, 3.63) is 64.7 Å². The molecular formula is C26H33F2N3O2S. The second-order valence-electron chi connectivity index (χ2n) is 9.70. The fourth-order valence-electron chi connectivity index (χ4n) is 4.80. The molecule has 2 aromatic carbocycles. The number of hydrogen-bond acceptors (Lipinski definition) is 4. The highest BCUT2D eigenvalue weighted by atomic mass is 32.2. The van der Waals surface area contributed by atoms with Gasteiger partial charge < -0.3 is 4.90 Å². The zero-order valence-electron chi connectivity index (χ0n) is 20.3. The highest BCUT2D eigenvalue weighted by molar-refractivity contribution is 7.89. The van der Waals surface area contributed by atoms with Crippen molar-refractivity contribution in [3.63, 3.8) is 0 Å².